The summed E-state index contributed by atoms with van der Waals surface area (Å²) >= 11 is 0. The van der Waals surface area contributed by atoms with Crippen LogP contribution in [-0.2, 0) is 10.0 Å². The molecule has 1 atom stereocenters. The molecule has 0 radical (unpaired) electrons. The molecule has 1 aromatic rings. The van der Waals surface area contributed by atoms with Crippen molar-refractivity contribution in [2.24, 2.45) is 5.92 Å². The zero-order chi connectivity index (χ0) is 13.3. The first-order chi connectivity index (χ1) is 8.45. The molecule has 1 aromatic carbocycles. The number of nitrogens with two attached hydrogens (primary N) is 1. The van der Waals surface area contributed by atoms with E-state index < -0.39 is 15.8 Å². The summed E-state index contributed by atoms with van der Waals surface area (Å²) in [7, 11) is -3.69. The van der Waals surface area contributed by atoms with Crippen molar-refractivity contribution in [3.8, 4) is 0 Å². The molecule has 1 fully saturated rings. The average Bonchev–Trinajstić information content (AvgIpc) is 2.81. The van der Waals surface area contributed by atoms with Gasteiger partial charge in [-0.05, 0) is 30.5 Å². The number of sulfonamides is 1. The monoisotopic (exact) mass is 274 g/mol. The normalized spacial score (nSPS) is 21.3. The number of benzene rings is 1. The molecule has 0 amide bonds. The summed E-state index contributed by atoms with van der Waals surface area (Å²) in [5, 5.41) is 9.00. The van der Waals surface area contributed by atoms with E-state index >= 15 is 0 Å². The Balaban J connectivity index is 2.28. The fourth-order valence-corrected chi connectivity index (χ4v) is 3.53. The Morgan fingerprint density at radius 2 is 2.22 bits per heavy atom. The van der Waals surface area contributed by atoms with E-state index in [4.69, 9.17) is 10.8 Å². The Hall–Kier alpha value is -1.18. The van der Waals surface area contributed by atoms with Crippen molar-refractivity contribution in [3.63, 3.8) is 0 Å². The third-order valence-electron chi connectivity index (χ3n) is 3.12. The molecule has 0 aromatic heterocycles. The number of nitrogens with zero attached hydrogens (tertiary/aromatic N) is 1. The van der Waals surface area contributed by atoms with Gasteiger partial charge in [0.2, 0.25) is 10.0 Å². The highest BCUT2D eigenvalue weighted by molar-refractivity contribution is 7.89. The third-order valence-corrected chi connectivity index (χ3v) is 4.98. The molecule has 0 spiro atoms. The van der Waals surface area contributed by atoms with Gasteiger partial charge < -0.3 is 10.8 Å². The van der Waals surface area contributed by atoms with Crippen LogP contribution in [0.15, 0.2) is 23.1 Å². The van der Waals surface area contributed by atoms with Crippen molar-refractivity contribution in [2.75, 3.05) is 25.4 Å². The smallest absolute Gasteiger partial charge is 0.243 e. The van der Waals surface area contributed by atoms with Gasteiger partial charge in [0.25, 0.3) is 0 Å². The molecule has 0 saturated carbocycles. The van der Waals surface area contributed by atoms with Crippen molar-refractivity contribution in [1.29, 1.82) is 0 Å². The van der Waals surface area contributed by atoms with Gasteiger partial charge in [-0.3, -0.25) is 0 Å². The van der Waals surface area contributed by atoms with Crippen LogP contribution in [0, 0.1) is 11.7 Å². The maximum absolute atomic E-state index is 13.3. The van der Waals surface area contributed by atoms with Gasteiger partial charge >= 0.3 is 0 Å². The molecule has 1 saturated heterocycles. The lowest BCUT2D eigenvalue weighted by molar-refractivity contribution is 0.233. The lowest BCUT2D eigenvalue weighted by Crippen LogP contribution is -2.29. The summed E-state index contributed by atoms with van der Waals surface area (Å²) in [6.07, 6.45) is 0.618. The second-order valence-corrected chi connectivity index (χ2v) is 6.32. The predicted molar refractivity (Wildman–Crippen MR) is 64.8 cm³/mol. The maximum atomic E-state index is 13.3. The van der Waals surface area contributed by atoms with Gasteiger partial charge in [0.05, 0.1) is 10.6 Å². The van der Waals surface area contributed by atoms with Gasteiger partial charge in [-0.1, -0.05) is 0 Å². The van der Waals surface area contributed by atoms with E-state index in [0.717, 1.165) is 6.07 Å². The molecule has 1 aliphatic heterocycles. The first-order valence-corrected chi connectivity index (χ1v) is 7.05. The number of hydrogen-bond donors (Lipinski definition) is 2. The summed E-state index contributed by atoms with van der Waals surface area (Å²) in [6, 6.07) is 3.46. The molecule has 0 aliphatic carbocycles. The fourth-order valence-electron chi connectivity index (χ4n) is 1.98. The van der Waals surface area contributed by atoms with Crippen LogP contribution >= 0.6 is 0 Å². The molecule has 1 aliphatic rings. The minimum Gasteiger partial charge on any atom is -0.396 e. The molecule has 100 valence electrons. The lowest BCUT2D eigenvalue weighted by Gasteiger charge is -2.16. The van der Waals surface area contributed by atoms with Gasteiger partial charge in [-0.25, -0.2) is 12.8 Å². The van der Waals surface area contributed by atoms with Crippen molar-refractivity contribution >= 4 is 15.7 Å². The van der Waals surface area contributed by atoms with E-state index in [-0.39, 0.29) is 29.7 Å². The van der Waals surface area contributed by atoms with Crippen molar-refractivity contribution < 1.29 is 17.9 Å². The van der Waals surface area contributed by atoms with Crippen molar-refractivity contribution in [2.45, 2.75) is 11.3 Å². The minimum atomic E-state index is -3.69. The zero-order valence-corrected chi connectivity index (χ0v) is 10.5. The van der Waals surface area contributed by atoms with E-state index in [0.29, 0.717) is 13.0 Å². The molecule has 2 rings (SSSR count). The van der Waals surface area contributed by atoms with Crippen LogP contribution in [-0.4, -0.2) is 37.5 Å². The van der Waals surface area contributed by atoms with Crippen LogP contribution in [0.3, 0.4) is 0 Å². The second kappa shape index (κ2) is 4.83. The van der Waals surface area contributed by atoms with E-state index in [1.165, 1.54) is 16.4 Å². The van der Waals surface area contributed by atoms with Gasteiger partial charge in [-0.2, -0.15) is 4.31 Å². The molecular formula is C11H15FN2O3S. The number of aliphatic hydroxyl groups excluding tert-OH is 1. The Bertz CT molecular complexity index is 547. The van der Waals surface area contributed by atoms with Gasteiger partial charge in [0.1, 0.15) is 5.82 Å². The third kappa shape index (κ3) is 2.33. The van der Waals surface area contributed by atoms with Crippen LogP contribution in [0.4, 0.5) is 10.1 Å². The van der Waals surface area contributed by atoms with E-state index in [1.54, 1.807) is 0 Å². The first kappa shape index (κ1) is 13.3. The SMILES string of the molecule is Nc1ccc(S(=O)(=O)N2CCC(CO)C2)cc1F. The Morgan fingerprint density at radius 1 is 1.50 bits per heavy atom. The molecule has 5 nitrogen and oxygen atoms in total. The maximum Gasteiger partial charge on any atom is 0.243 e. The topological polar surface area (TPSA) is 83.6 Å². The Labute approximate surface area is 105 Å². The summed E-state index contributed by atoms with van der Waals surface area (Å²) in [4.78, 5) is -0.104. The highest BCUT2D eigenvalue weighted by atomic mass is 32.2. The quantitative estimate of drug-likeness (QED) is 0.782. The molecule has 7 heteroatoms. The Morgan fingerprint density at radius 3 is 2.78 bits per heavy atom. The first-order valence-electron chi connectivity index (χ1n) is 5.61. The summed E-state index contributed by atoms with van der Waals surface area (Å²) in [5.41, 5.74) is 5.23. The molecule has 3 N–H and O–H groups in total. The molecule has 1 heterocycles. The zero-order valence-electron chi connectivity index (χ0n) is 9.71. The molecule has 18 heavy (non-hydrogen) atoms. The highest BCUT2D eigenvalue weighted by Crippen LogP contribution is 2.25. The number of rotatable bonds is 3. The van der Waals surface area contributed by atoms with Crippen molar-refractivity contribution in [1.82, 2.24) is 4.31 Å². The van der Waals surface area contributed by atoms with Gasteiger partial charge in [0, 0.05) is 19.7 Å². The summed E-state index contributed by atoms with van der Waals surface area (Å²) < 4.78 is 38.9. The fraction of sp³-hybridized carbons (Fsp3) is 0.455. The minimum absolute atomic E-state index is 0.0396. The van der Waals surface area contributed by atoms with E-state index in [2.05, 4.69) is 0 Å². The van der Waals surface area contributed by atoms with Crippen LogP contribution in [0.5, 0.6) is 0 Å². The summed E-state index contributed by atoms with van der Waals surface area (Å²) in [5.74, 6) is -0.785. The van der Waals surface area contributed by atoms with Crippen LogP contribution in [0.2, 0.25) is 0 Å². The molecular weight excluding hydrogens is 259 g/mol. The lowest BCUT2D eigenvalue weighted by atomic mass is 10.1. The average molecular weight is 274 g/mol. The number of anilines is 1. The van der Waals surface area contributed by atoms with Crippen LogP contribution in [0.1, 0.15) is 6.42 Å². The van der Waals surface area contributed by atoms with Crippen LogP contribution < -0.4 is 5.73 Å². The second-order valence-electron chi connectivity index (χ2n) is 4.38. The van der Waals surface area contributed by atoms with E-state index in [9.17, 15) is 12.8 Å². The molecule has 1 unspecified atom stereocenters. The number of hydrogen-bond acceptors (Lipinski definition) is 4. The standard InChI is InChI=1S/C11H15FN2O3S/c12-10-5-9(1-2-11(10)13)18(16,17)14-4-3-8(6-14)7-15/h1-2,5,8,15H,3-4,6-7,13H2. The highest BCUT2D eigenvalue weighted by Gasteiger charge is 2.32. The largest absolute Gasteiger partial charge is 0.396 e. The summed E-state index contributed by atoms with van der Waals surface area (Å²) in [6.45, 7) is 0.576. The van der Waals surface area contributed by atoms with E-state index in [1.807, 2.05) is 0 Å². The Kier molecular flexibility index (Phi) is 3.56. The number of halogens is 1. The predicted octanol–water partition coefficient (Wildman–Crippen LogP) is 0.411. The van der Waals surface area contributed by atoms with Gasteiger partial charge in [0.15, 0.2) is 0 Å². The van der Waals surface area contributed by atoms with Crippen LogP contribution in [0.25, 0.3) is 0 Å². The molecule has 0 bridgehead atoms. The number of nitrogen functional groups attached to an aromatic ring is 1. The van der Waals surface area contributed by atoms with Gasteiger partial charge in [-0.15, -0.1) is 0 Å². The van der Waals surface area contributed by atoms with Crippen molar-refractivity contribution in [3.05, 3.63) is 24.0 Å². The number of aliphatic hydroxyl groups is 1.